The van der Waals surface area contributed by atoms with Gasteiger partial charge in [0, 0.05) is 29.8 Å². The fourth-order valence-electron chi connectivity index (χ4n) is 2.92. The Balaban J connectivity index is 1.55. The lowest BCUT2D eigenvalue weighted by atomic mass is 10.1. The fourth-order valence-corrected chi connectivity index (χ4v) is 2.92. The highest BCUT2D eigenvalue weighted by Gasteiger charge is 2.14. The third-order valence-corrected chi connectivity index (χ3v) is 4.37. The van der Waals surface area contributed by atoms with Crippen molar-refractivity contribution in [2.75, 3.05) is 6.61 Å². The van der Waals surface area contributed by atoms with Gasteiger partial charge in [-0.25, -0.2) is 5.43 Å². The van der Waals surface area contributed by atoms with E-state index in [9.17, 15) is 25.0 Å². The highest BCUT2D eigenvalue weighted by Crippen LogP contribution is 2.28. The van der Waals surface area contributed by atoms with Gasteiger partial charge < -0.3 is 9.15 Å². The lowest BCUT2D eigenvalue weighted by molar-refractivity contribution is -0.385. The van der Waals surface area contributed by atoms with Gasteiger partial charge in [-0.1, -0.05) is 0 Å². The van der Waals surface area contributed by atoms with Crippen LogP contribution in [-0.4, -0.2) is 28.6 Å². The third-order valence-electron chi connectivity index (χ3n) is 4.37. The van der Waals surface area contributed by atoms with Gasteiger partial charge in [-0.15, -0.1) is 0 Å². The van der Waals surface area contributed by atoms with Crippen LogP contribution in [0.2, 0.25) is 0 Å². The van der Waals surface area contributed by atoms with Crippen molar-refractivity contribution in [1.82, 2.24) is 5.43 Å². The topological polar surface area (TPSA) is 150 Å². The van der Waals surface area contributed by atoms with Crippen molar-refractivity contribution >= 4 is 23.5 Å². The van der Waals surface area contributed by atoms with Gasteiger partial charge in [0.25, 0.3) is 17.3 Å². The molecule has 0 atom stereocenters. The molecule has 1 aromatic heterocycles. The van der Waals surface area contributed by atoms with Crippen LogP contribution in [0.25, 0.3) is 11.3 Å². The fraction of sp³-hybridized carbons (Fsp3) is 0.143. The first-order valence-electron chi connectivity index (χ1n) is 9.29. The summed E-state index contributed by atoms with van der Waals surface area (Å²) < 4.78 is 11.1. The van der Waals surface area contributed by atoms with E-state index in [2.05, 4.69) is 10.5 Å². The van der Waals surface area contributed by atoms with Crippen LogP contribution in [0.1, 0.15) is 16.9 Å². The summed E-state index contributed by atoms with van der Waals surface area (Å²) in [4.78, 5) is 32.6. The number of aryl methyl sites for hydroxylation is 2. The second-order valence-electron chi connectivity index (χ2n) is 6.75. The quantitative estimate of drug-likeness (QED) is 0.318. The summed E-state index contributed by atoms with van der Waals surface area (Å²) in [5, 5.41) is 25.4. The number of nitro benzene ring substituents is 2. The smallest absolute Gasteiger partial charge is 0.277 e. The molecule has 0 aliphatic heterocycles. The van der Waals surface area contributed by atoms with Crippen molar-refractivity contribution in [1.29, 1.82) is 0 Å². The third kappa shape index (κ3) is 5.33. The molecule has 0 aliphatic rings. The molecule has 0 fully saturated rings. The number of non-ortho nitro benzene ring substituents is 2. The van der Waals surface area contributed by atoms with Gasteiger partial charge in [-0.3, -0.25) is 25.0 Å². The molecule has 0 aliphatic carbocycles. The van der Waals surface area contributed by atoms with Gasteiger partial charge in [-0.2, -0.15) is 5.10 Å². The molecule has 1 N–H and O–H groups in total. The molecule has 0 saturated carbocycles. The molecule has 0 unspecified atom stereocenters. The summed E-state index contributed by atoms with van der Waals surface area (Å²) in [6.07, 6.45) is 1.30. The second kappa shape index (κ2) is 9.51. The van der Waals surface area contributed by atoms with Gasteiger partial charge in [0.05, 0.1) is 16.1 Å². The number of benzene rings is 2. The van der Waals surface area contributed by atoms with Gasteiger partial charge in [-0.05, 0) is 49.2 Å². The predicted molar refractivity (Wildman–Crippen MR) is 115 cm³/mol. The van der Waals surface area contributed by atoms with Crippen LogP contribution >= 0.6 is 0 Å². The van der Waals surface area contributed by atoms with E-state index in [0.29, 0.717) is 34.0 Å². The van der Waals surface area contributed by atoms with E-state index in [0.717, 1.165) is 0 Å². The molecular formula is C21H18N4O7. The second-order valence-corrected chi connectivity index (χ2v) is 6.75. The maximum atomic E-state index is 12.0. The Bertz CT molecular complexity index is 1180. The highest BCUT2D eigenvalue weighted by atomic mass is 16.6. The average molecular weight is 438 g/mol. The monoisotopic (exact) mass is 438 g/mol. The zero-order chi connectivity index (χ0) is 23.3. The molecule has 0 saturated heterocycles. The molecule has 0 spiro atoms. The van der Waals surface area contributed by atoms with Crippen LogP contribution in [0.4, 0.5) is 11.4 Å². The summed E-state index contributed by atoms with van der Waals surface area (Å²) in [6, 6.07) is 11.9. The predicted octanol–water partition coefficient (Wildman–Crippen LogP) is 3.91. The minimum absolute atomic E-state index is 0.0221. The minimum Gasteiger partial charge on any atom is -0.483 e. The summed E-state index contributed by atoms with van der Waals surface area (Å²) in [6.45, 7) is 2.98. The van der Waals surface area contributed by atoms with Crippen molar-refractivity contribution in [3.63, 3.8) is 0 Å². The molecule has 3 rings (SSSR count). The lowest BCUT2D eigenvalue weighted by Gasteiger charge is -2.11. The van der Waals surface area contributed by atoms with Gasteiger partial charge in [0.15, 0.2) is 6.61 Å². The molecule has 32 heavy (non-hydrogen) atoms. The van der Waals surface area contributed by atoms with E-state index in [4.69, 9.17) is 9.15 Å². The van der Waals surface area contributed by atoms with Gasteiger partial charge >= 0.3 is 0 Å². The molecule has 11 heteroatoms. The van der Waals surface area contributed by atoms with Crippen LogP contribution in [0.3, 0.4) is 0 Å². The van der Waals surface area contributed by atoms with E-state index in [1.807, 2.05) is 0 Å². The summed E-state index contributed by atoms with van der Waals surface area (Å²) >= 11 is 0. The molecule has 1 heterocycles. The highest BCUT2D eigenvalue weighted by molar-refractivity contribution is 5.81. The molecule has 164 valence electrons. The number of ether oxygens (including phenoxy) is 1. The van der Waals surface area contributed by atoms with Gasteiger partial charge in [0.2, 0.25) is 0 Å². The Morgan fingerprint density at radius 2 is 1.66 bits per heavy atom. The first-order valence-corrected chi connectivity index (χ1v) is 9.29. The van der Waals surface area contributed by atoms with E-state index in [1.165, 1.54) is 30.5 Å². The van der Waals surface area contributed by atoms with Crippen molar-refractivity contribution in [2.45, 2.75) is 13.8 Å². The zero-order valence-corrected chi connectivity index (χ0v) is 17.1. The molecule has 11 nitrogen and oxygen atoms in total. The average Bonchev–Trinajstić information content (AvgIpc) is 3.22. The Labute approximate surface area is 181 Å². The number of nitrogens with zero attached hydrogens (tertiary/aromatic N) is 3. The van der Waals surface area contributed by atoms with E-state index >= 15 is 0 Å². The SMILES string of the molecule is Cc1cc([N+](=O)[O-])cc(C)c1OCC(=O)N/N=C/c1ccc(-c2ccc([N+](=O)[O-])cc2)o1. The molecule has 0 bridgehead atoms. The summed E-state index contributed by atoms with van der Waals surface area (Å²) in [5.41, 5.74) is 3.97. The van der Waals surface area contributed by atoms with Crippen molar-refractivity contribution < 1.29 is 23.8 Å². The van der Waals surface area contributed by atoms with Crippen molar-refractivity contribution in [3.05, 3.63) is 85.6 Å². The minimum atomic E-state index is -0.527. The Hall–Kier alpha value is -4.54. The number of nitro groups is 2. The molecule has 3 aromatic rings. The maximum absolute atomic E-state index is 12.0. The Morgan fingerprint density at radius 1 is 1.03 bits per heavy atom. The van der Waals surface area contributed by atoms with Gasteiger partial charge in [0.1, 0.15) is 17.3 Å². The number of rotatable bonds is 8. The number of carbonyl (C=O) groups is 1. The Kier molecular flexibility index (Phi) is 6.59. The number of amides is 1. The first-order chi connectivity index (χ1) is 15.2. The van der Waals surface area contributed by atoms with Crippen LogP contribution in [0.15, 0.2) is 58.0 Å². The van der Waals surface area contributed by atoms with Crippen LogP contribution < -0.4 is 10.2 Å². The number of hydrogen-bond donors (Lipinski definition) is 1. The molecule has 1 amide bonds. The van der Waals surface area contributed by atoms with E-state index < -0.39 is 15.8 Å². The Morgan fingerprint density at radius 3 is 2.25 bits per heavy atom. The normalized spacial score (nSPS) is 10.8. The summed E-state index contributed by atoms with van der Waals surface area (Å²) in [5.74, 6) is 0.718. The van der Waals surface area contributed by atoms with Crippen LogP contribution in [-0.2, 0) is 4.79 Å². The largest absolute Gasteiger partial charge is 0.483 e. The molecular weight excluding hydrogens is 420 g/mol. The molecule has 0 radical (unpaired) electrons. The summed E-state index contributed by atoms with van der Waals surface area (Å²) in [7, 11) is 0. The standard InChI is InChI=1S/C21H18N4O7/c1-13-9-17(25(29)30)10-14(2)21(13)31-12-20(26)23-22-11-18-7-8-19(32-18)15-3-5-16(6-4-15)24(27)28/h3-11H,12H2,1-2H3,(H,23,26)/b22-11+. The number of hydrazone groups is 1. The van der Waals surface area contributed by atoms with Crippen molar-refractivity contribution in [2.24, 2.45) is 5.10 Å². The number of nitrogens with one attached hydrogen (secondary N) is 1. The van der Waals surface area contributed by atoms with E-state index in [-0.39, 0.29) is 18.0 Å². The number of furan rings is 1. The molecule has 2 aromatic carbocycles. The lowest BCUT2D eigenvalue weighted by Crippen LogP contribution is -2.25. The first kappa shape index (κ1) is 22.2. The number of carbonyl (C=O) groups excluding carboxylic acids is 1. The zero-order valence-electron chi connectivity index (χ0n) is 17.1. The number of hydrogen-bond acceptors (Lipinski definition) is 8. The van der Waals surface area contributed by atoms with Crippen molar-refractivity contribution in [3.8, 4) is 17.1 Å². The van der Waals surface area contributed by atoms with Crippen LogP contribution in [0.5, 0.6) is 5.75 Å². The van der Waals surface area contributed by atoms with Crippen LogP contribution in [0, 0.1) is 34.1 Å². The van der Waals surface area contributed by atoms with E-state index in [1.54, 1.807) is 38.1 Å². The maximum Gasteiger partial charge on any atom is 0.277 e.